The molecular weight excluding hydrogens is 314 g/mol. The minimum absolute atomic E-state index is 0.0345. The molecule has 5 nitrogen and oxygen atoms in total. The van der Waals surface area contributed by atoms with Crippen molar-refractivity contribution in [2.45, 2.75) is 32.4 Å². The van der Waals surface area contributed by atoms with Crippen LogP contribution in [0, 0.1) is 6.92 Å². The maximum atomic E-state index is 12.7. The van der Waals surface area contributed by atoms with E-state index in [0.717, 1.165) is 31.5 Å². The molecule has 2 aromatic rings. The Balaban J connectivity index is 1.70. The molecule has 3 rings (SSSR count). The fraction of sp³-hybridized carbons (Fsp3) is 0.300. The first-order chi connectivity index (χ1) is 12.0. The number of primary amides is 1. The van der Waals surface area contributed by atoms with Crippen LogP contribution in [0.4, 0.5) is 5.69 Å². The zero-order valence-electron chi connectivity index (χ0n) is 14.4. The van der Waals surface area contributed by atoms with Crippen LogP contribution >= 0.6 is 0 Å². The Morgan fingerprint density at radius 2 is 1.96 bits per heavy atom. The predicted molar refractivity (Wildman–Crippen MR) is 98.2 cm³/mol. The van der Waals surface area contributed by atoms with Crippen molar-refractivity contribution >= 4 is 17.5 Å². The quantitative estimate of drug-likeness (QED) is 0.881. The molecule has 1 aliphatic heterocycles. The normalized spacial score (nSPS) is 17.4. The molecule has 0 radical (unpaired) electrons. The lowest BCUT2D eigenvalue weighted by Crippen LogP contribution is -2.39. The number of rotatable bonds is 5. The molecule has 1 atom stereocenters. The first kappa shape index (κ1) is 17.2. The van der Waals surface area contributed by atoms with E-state index >= 15 is 0 Å². The van der Waals surface area contributed by atoms with Gasteiger partial charge in [0.2, 0.25) is 11.8 Å². The highest BCUT2D eigenvalue weighted by atomic mass is 16.2. The van der Waals surface area contributed by atoms with E-state index in [1.807, 2.05) is 25.1 Å². The minimum Gasteiger partial charge on any atom is -0.366 e. The number of anilines is 1. The molecule has 1 saturated heterocycles. The number of nitrogens with two attached hydrogens (primary N) is 1. The molecule has 0 aromatic heterocycles. The van der Waals surface area contributed by atoms with Crippen molar-refractivity contribution in [2.75, 3.05) is 11.9 Å². The van der Waals surface area contributed by atoms with Crippen LogP contribution in [0.5, 0.6) is 0 Å². The Hall–Kier alpha value is -2.66. The number of aryl methyl sites for hydroxylation is 1. The summed E-state index contributed by atoms with van der Waals surface area (Å²) in [6.45, 7) is 3.50. The molecule has 130 valence electrons. The monoisotopic (exact) mass is 337 g/mol. The molecule has 5 heteroatoms. The highest BCUT2D eigenvalue weighted by molar-refractivity contribution is 5.98. The van der Waals surface area contributed by atoms with Crippen LogP contribution in [-0.4, -0.2) is 29.3 Å². The van der Waals surface area contributed by atoms with Gasteiger partial charge in [0.15, 0.2) is 0 Å². The lowest BCUT2D eigenvalue weighted by Gasteiger charge is -2.24. The first-order valence-corrected chi connectivity index (χ1v) is 8.54. The summed E-state index contributed by atoms with van der Waals surface area (Å²) in [5.41, 5.74) is 8.43. The summed E-state index contributed by atoms with van der Waals surface area (Å²) in [7, 11) is 0. The lowest BCUT2D eigenvalue weighted by atomic mass is 10.1. The van der Waals surface area contributed by atoms with Gasteiger partial charge in [-0.25, -0.2) is 0 Å². The van der Waals surface area contributed by atoms with Gasteiger partial charge in [0.05, 0.1) is 6.04 Å². The van der Waals surface area contributed by atoms with Gasteiger partial charge in [-0.05, 0) is 49.6 Å². The number of hydrogen-bond acceptors (Lipinski definition) is 3. The van der Waals surface area contributed by atoms with Crippen LogP contribution in [0.15, 0.2) is 48.5 Å². The fourth-order valence-corrected chi connectivity index (χ4v) is 3.32. The maximum Gasteiger partial charge on any atom is 0.249 e. The summed E-state index contributed by atoms with van der Waals surface area (Å²) in [4.78, 5) is 26.4. The molecule has 2 amide bonds. The molecule has 3 N–H and O–H groups in total. The van der Waals surface area contributed by atoms with Crippen molar-refractivity contribution in [1.82, 2.24) is 4.90 Å². The van der Waals surface area contributed by atoms with E-state index in [4.69, 9.17) is 5.73 Å². The highest BCUT2D eigenvalue weighted by Gasteiger charge is 2.30. The standard InChI is InChI=1S/C20H23N3O2/c1-14-9-10-16(12-17(14)19(21)24)22-20(25)18-8-5-11-23(18)13-15-6-3-2-4-7-15/h2-4,6-7,9-10,12,18H,5,8,11,13H2,1H3,(H2,21,24)(H,22,25). The van der Waals surface area contributed by atoms with Crippen molar-refractivity contribution in [1.29, 1.82) is 0 Å². The molecule has 1 unspecified atom stereocenters. The maximum absolute atomic E-state index is 12.7. The Labute approximate surface area is 147 Å². The van der Waals surface area contributed by atoms with E-state index in [1.165, 1.54) is 5.56 Å². The second-order valence-electron chi connectivity index (χ2n) is 6.50. The molecular formula is C20H23N3O2. The number of amides is 2. The van der Waals surface area contributed by atoms with E-state index in [0.29, 0.717) is 11.3 Å². The van der Waals surface area contributed by atoms with Crippen LogP contribution in [0.2, 0.25) is 0 Å². The van der Waals surface area contributed by atoms with Gasteiger partial charge in [-0.15, -0.1) is 0 Å². The van der Waals surface area contributed by atoms with Gasteiger partial charge < -0.3 is 11.1 Å². The zero-order chi connectivity index (χ0) is 17.8. The van der Waals surface area contributed by atoms with Crippen molar-refractivity contribution in [2.24, 2.45) is 5.73 Å². The Morgan fingerprint density at radius 3 is 2.68 bits per heavy atom. The third kappa shape index (κ3) is 4.06. The number of carbonyl (C=O) groups is 2. The van der Waals surface area contributed by atoms with E-state index in [9.17, 15) is 9.59 Å². The lowest BCUT2D eigenvalue weighted by molar-refractivity contribution is -0.120. The van der Waals surface area contributed by atoms with E-state index in [-0.39, 0.29) is 11.9 Å². The molecule has 1 heterocycles. The molecule has 0 aliphatic carbocycles. The summed E-state index contributed by atoms with van der Waals surface area (Å²) in [5.74, 6) is -0.520. The van der Waals surface area contributed by atoms with Gasteiger partial charge in [-0.1, -0.05) is 36.4 Å². The third-order valence-corrected chi connectivity index (χ3v) is 4.67. The zero-order valence-corrected chi connectivity index (χ0v) is 14.4. The fourth-order valence-electron chi connectivity index (χ4n) is 3.32. The average Bonchev–Trinajstić information content (AvgIpc) is 3.05. The van der Waals surface area contributed by atoms with E-state index < -0.39 is 5.91 Å². The number of benzene rings is 2. The van der Waals surface area contributed by atoms with Crippen molar-refractivity contribution < 1.29 is 9.59 Å². The number of nitrogens with one attached hydrogen (secondary N) is 1. The summed E-state index contributed by atoms with van der Waals surface area (Å²) >= 11 is 0. The Bertz CT molecular complexity index is 774. The Kier molecular flexibility index (Phi) is 5.14. The summed E-state index contributed by atoms with van der Waals surface area (Å²) in [5, 5.41) is 2.93. The van der Waals surface area contributed by atoms with Crippen LogP contribution in [-0.2, 0) is 11.3 Å². The second-order valence-corrected chi connectivity index (χ2v) is 6.50. The number of nitrogens with zero attached hydrogens (tertiary/aromatic N) is 1. The summed E-state index contributed by atoms with van der Waals surface area (Å²) in [6, 6.07) is 15.3. The van der Waals surface area contributed by atoms with Crippen molar-refractivity contribution in [3.63, 3.8) is 0 Å². The Morgan fingerprint density at radius 1 is 1.20 bits per heavy atom. The predicted octanol–water partition coefficient (Wildman–Crippen LogP) is 2.70. The highest BCUT2D eigenvalue weighted by Crippen LogP contribution is 2.22. The van der Waals surface area contributed by atoms with Gasteiger partial charge in [-0.3, -0.25) is 14.5 Å². The molecule has 0 bridgehead atoms. The largest absolute Gasteiger partial charge is 0.366 e. The van der Waals surface area contributed by atoms with Crippen molar-refractivity contribution in [3.05, 3.63) is 65.2 Å². The van der Waals surface area contributed by atoms with Gasteiger partial charge in [0.25, 0.3) is 0 Å². The number of carbonyl (C=O) groups excluding carboxylic acids is 2. The van der Waals surface area contributed by atoms with Crippen LogP contribution in [0.1, 0.15) is 34.3 Å². The van der Waals surface area contributed by atoms with Crippen LogP contribution < -0.4 is 11.1 Å². The van der Waals surface area contributed by atoms with Crippen LogP contribution in [0.3, 0.4) is 0 Å². The van der Waals surface area contributed by atoms with Gasteiger partial charge >= 0.3 is 0 Å². The SMILES string of the molecule is Cc1ccc(NC(=O)C2CCCN2Cc2ccccc2)cc1C(N)=O. The second kappa shape index (κ2) is 7.49. The molecule has 25 heavy (non-hydrogen) atoms. The first-order valence-electron chi connectivity index (χ1n) is 8.54. The molecule has 2 aromatic carbocycles. The minimum atomic E-state index is -0.486. The number of hydrogen-bond donors (Lipinski definition) is 2. The molecule has 1 fully saturated rings. The van der Waals surface area contributed by atoms with Crippen molar-refractivity contribution in [3.8, 4) is 0 Å². The third-order valence-electron chi connectivity index (χ3n) is 4.67. The summed E-state index contributed by atoms with van der Waals surface area (Å²) < 4.78 is 0. The van der Waals surface area contributed by atoms with E-state index in [2.05, 4.69) is 22.3 Å². The molecule has 0 saturated carbocycles. The van der Waals surface area contributed by atoms with Gasteiger partial charge in [0, 0.05) is 17.8 Å². The summed E-state index contributed by atoms with van der Waals surface area (Å²) in [6.07, 6.45) is 1.85. The smallest absolute Gasteiger partial charge is 0.249 e. The molecule has 1 aliphatic rings. The van der Waals surface area contributed by atoms with E-state index in [1.54, 1.807) is 18.2 Å². The van der Waals surface area contributed by atoms with Gasteiger partial charge in [0.1, 0.15) is 0 Å². The molecule has 0 spiro atoms. The number of likely N-dealkylation sites (tertiary alicyclic amines) is 1. The van der Waals surface area contributed by atoms with Gasteiger partial charge in [-0.2, -0.15) is 0 Å². The topological polar surface area (TPSA) is 75.4 Å². The average molecular weight is 337 g/mol. The van der Waals surface area contributed by atoms with Crippen LogP contribution in [0.25, 0.3) is 0 Å².